The minimum Gasteiger partial charge on any atom is -0.298 e. The number of carbonyl (C=O) groups excluding carboxylic acids is 1. The third kappa shape index (κ3) is 4.07. The molecule has 0 aliphatic rings. The van der Waals surface area contributed by atoms with Crippen molar-refractivity contribution in [3.63, 3.8) is 0 Å². The topological polar surface area (TPSA) is 59.8 Å². The summed E-state index contributed by atoms with van der Waals surface area (Å²) in [7, 11) is 0. The van der Waals surface area contributed by atoms with Crippen LogP contribution in [-0.4, -0.2) is 20.7 Å². The molecule has 8 heteroatoms. The third-order valence-corrected chi connectivity index (χ3v) is 5.31. The molecule has 1 N–H and O–H groups in total. The normalized spacial score (nSPS) is 10.9. The third-order valence-electron chi connectivity index (χ3n) is 4.40. The van der Waals surface area contributed by atoms with Crippen LogP contribution in [0.25, 0.3) is 5.69 Å². The summed E-state index contributed by atoms with van der Waals surface area (Å²) >= 11 is 1.34. The van der Waals surface area contributed by atoms with E-state index in [4.69, 9.17) is 0 Å². The van der Waals surface area contributed by atoms with Crippen LogP contribution in [0.1, 0.15) is 26.5 Å². The number of para-hydroxylation sites is 1. The van der Waals surface area contributed by atoms with Crippen LogP contribution in [0.5, 0.6) is 0 Å². The molecule has 0 radical (unpaired) electrons. The fraction of sp³-hybridized carbons (Fsp3) is 0.0952. The number of rotatable bonds is 5. The van der Waals surface area contributed by atoms with Crippen molar-refractivity contribution in [1.82, 2.24) is 14.8 Å². The highest BCUT2D eigenvalue weighted by molar-refractivity contribution is 7.15. The summed E-state index contributed by atoms with van der Waals surface area (Å²) in [5.74, 6) is -1.07. The second-order valence-electron chi connectivity index (χ2n) is 6.40. The molecular weight excluding hydrogens is 394 g/mol. The Balaban J connectivity index is 1.48. The van der Waals surface area contributed by atoms with Crippen LogP contribution in [0.4, 0.5) is 13.9 Å². The lowest BCUT2D eigenvalue weighted by Crippen LogP contribution is -2.13. The smallest absolute Gasteiger partial charge is 0.260 e. The van der Waals surface area contributed by atoms with Crippen molar-refractivity contribution < 1.29 is 13.6 Å². The Morgan fingerprint density at radius 1 is 1.10 bits per heavy atom. The molecule has 29 heavy (non-hydrogen) atoms. The van der Waals surface area contributed by atoms with Gasteiger partial charge in [-0.2, -0.15) is 5.10 Å². The van der Waals surface area contributed by atoms with Gasteiger partial charge in [0.25, 0.3) is 5.91 Å². The molecule has 0 fully saturated rings. The fourth-order valence-electron chi connectivity index (χ4n) is 2.91. The maximum atomic E-state index is 14.0. The highest BCUT2D eigenvalue weighted by Gasteiger charge is 2.18. The first-order chi connectivity index (χ1) is 14.0. The minimum absolute atomic E-state index is 0.278. The van der Waals surface area contributed by atoms with Gasteiger partial charge < -0.3 is 0 Å². The molecule has 2 aromatic carbocycles. The molecule has 1 amide bonds. The van der Waals surface area contributed by atoms with E-state index in [1.807, 2.05) is 0 Å². The first-order valence-electron chi connectivity index (χ1n) is 8.81. The Bertz CT molecular complexity index is 1170. The molecule has 4 aromatic rings. The zero-order valence-electron chi connectivity index (χ0n) is 15.4. The highest BCUT2D eigenvalue weighted by atomic mass is 32.1. The zero-order chi connectivity index (χ0) is 20.4. The molecule has 0 aliphatic heterocycles. The van der Waals surface area contributed by atoms with Crippen molar-refractivity contribution in [2.45, 2.75) is 13.3 Å². The molecule has 4 rings (SSSR count). The number of benzene rings is 2. The number of hydrogen-bond donors (Lipinski definition) is 1. The van der Waals surface area contributed by atoms with Crippen LogP contribution in [0.15, 0.2) is 60.9 Å². The van der Waals surface area contributed by atoms with Gasteiger partial charge in [0.1, 0.15) is 17.3 Å². The standard InChI is InChI=1S/C21H16F2N4OS/c1-13-17(12-25-27(13)19-5-3-2-4-18(19)23)20(28)26-21-24-11-16(29-21)10-14-6-8-15(22)9-7-14/h2-9,11-12H,10H2,1H3,(H,24,26,28). The predicted octanol–water partition coefficient (Wildman–Crippen LogP) is 4.76. The van der Waals surface area contributed by atoms with E-state index in [1.54, 1.807) is 43.5 Å². The summed E-state index contributed by atoms with van der Waals surface area (Å²) in [6, 6.07) is 12.5. The Kier molecular flexibility index (Phi) is 5.18. The SMILES string of the molecule is Cc1c(C(=O)Nc2ncc(Cc3ccc(F)cc3)s2)cnn1-c1ccccc1F. The Morgan fingerprint density at radius 2 is 1.86 bits per heavy atom. The second kappa shape index (κ2) is 7.92. The number of halogens is 2. The molecule has 0 saturated heterocycles. The van der Waals surface area contributed by atoms with Gasteiger partial charge in [-0.1, -0.05) is 24.3 Å². The fourth-order valence-corrected chi connectivity index (χ4v) is 3.76. The summed E-state index contributed by atoms with van der Waals surface area (Å²) in [6.45, 7) is 1.70. The molecule has 0 unspecified atom stereocenters. The number of nitrogens with zero attached hydrogens (tertiary/aromatic N) is 3. The molecule has 0 saturated carbocycles. The first-order valence-corrected chi connectivity index (χ1v) is 9.63. The molecule has 2 heterocycles. The first kappa shape index (κ1) is 18.9. The van der Waals surface area contributed by atoms with Gasteiger partial charge in [-0.3, -0.25) is 10.1 Å². The van der Waals surface area contributed by atoms with E-state index < -0.39 is 5.82 Å². The molecular formula is C21H16F2N4OS. The number of aromatic nitrogens is 3. The van der Waals surface area contributed by atoms with Crippen LogP contribution >= 0.6 is 11.3 Å². The van der Waals surface area contributed by atoms with Crippen LogP contribution in [-0.2, 0) is 6.42 Å². The maximum absolute atomic E-state index is 14.0. The van der Waals surface area contributed by atoms with Gasteiger partial charge in [-0.15, -0.1) is 11.3 Å². The largest absolute Gasteiger partial charge is 0.298 e. The summed E-state index contributed by atoms with van der Waals surface area (Å²) in [5.41, 5.74) is 2.09. The second-order valence-corrected chi connectivity index (χ2v) is 7.51. The van der Waals surface area contributed by atoms with Gasteiger partial charge in [-0.05, 0) is 36.8 Å². The lowest BCUT2D eigenvalue weighted by atomic mass is 10.1. The van der Waals surface area contributed by atoms with E-state index in [0.29, 0.717) is 22.8 Å². The van der Waals surface area contributed by atoms with Crippen molar-refractivity contribution in [2.24, 2.45) is 0 Å². The maximum Gasteiger partial charge on any atom is 0.260 e. The lowest BCUT2D eigenvalue weighted by molar-refractivity contribution is 0.102. The van der Waals surface area contributed by atoms with E-state index in [1.165, 1.54) is 40.4 Å². The molecule has 0 aliphatic carbocycles. The van der Waals surface area contributed by atoms with Crippen molar-refractivity contribution in [1.29, 1.82) is 0 Å². The van der Waals surface area contributed by atoms with Crippen molar-refractivity contribution in [3.8, 4) is 5.69 Å². The number of hydrogen-bond acceptors (Lipinski definition) is 4. The van der Waals surface area contributed by atoms with Crippen LogP contribution in [0.3, 0.4) is 0 Å². The van der Waals surface area contributed by atoms with Crippen LogP contribution < -0.4 is 5.32 Å². The predicted molar refractivity (Wildman–Crippen MR) is 108 cm³/mol. The average molecular weight is 410 g/mol. The number of nitrogens with one attached hydrogen (secondary N) is 1. The number of amides is 1. The van der Waals surface area contributed by atoms with Crippen LogP contribution in [0.2, 0.25) is 0 Å². The summed E-state index contributed by atoms with van der Waals surface area (Å²) in [4.78, 5) is 17.8. The van der Waals surface area contributed by atoms with Gasteiger partial charge in [-0.25, -0.2) is 18.4 Å². The molecule has 0 atom stereocenters. The number of carbonyl (C=O) groups is 1. The van der Waals surface area contributed by atoms with Gasteiger partial charge in [0.15, 0.2) is 5.13 Å². The van der Waals surface area contributed by atoms with Gasteiger partial charge in [0.2, 0.25) is 0 Å². The quantitative estimate of drug-likeness (QED) is 0.516. The van der Waals surface area contributed by atoms with Crippen molar-refractivity contribution in [3.05, 3.63) is 94.3 Å². The molecule has 0 spiro atoms. The molecule has 0 bridgehead atoms. The average Bonchev–Trinajstić information content (AvgIpc) is 3.30. The minimum atomic E-state index is -0.420. The van der Waals surface area contributed by atoms with Crippen molar-refractivity contribution >= 4 is 22.4 Å². The molecule has 2 aromatic heterocycles. The van der Waals surface area contributed by atoms with Crippen molar-refractivity contribution in [2.75, 3.05) is 5.32 Å². The van der Waals surface area contributed by atoms with E-state index in [-0.39, 0.29) is 17.4 Å². The summed E-state index contributed by atoms with van der Waals surface area (Å²) in [6.07, 6.45) is 3.68. The summed E-state index contributed by atoms with van der Waals surface area (Å²) in [5, 5.41) is 7.35. The van der Waals surface area contributed by atoms with Crippen LogP contribution in [0, 0.1) is 18.6 Å². The number of anilines is 1. The summed E-state index contributed by atoms with van der Waals surface area (Å²) < 4.78 is 28.4. The Labute approximate surface area is 169 Å². The number of thiazole rings is 1. The lowest BCUT2D eigenvalue weighted by Gasteiger charge is -2.06. The molecule has 5 nitrogen and oxygen atoms in total. The zero-order valence-corrected chi connectivity index (χ0v) is 16.2. The van der Waals surface area contributed by atoms with Gasteiger partial charge in [0.05, 0.1) is 17.5 Å². The molecule has 146 valence electrons. The van der Waals surface area contributed by atoms with E-state index in [2.05, 4.69) is 15.4 Å². The van der Waals surface area contributed by atoms with E-state index in [9.17, 15) is 13.6 Å². The Hall–Kier alpha value is -3.39. The van der Waals surface area contributed by atoms with E-state index in [0.717, 1.165) is 10.4 Å². The highest BCUT2D eigenvalue weighted by Crippen LogP contribution is 2.23. The van der Waals surface area contributed by atoms with Gasteiger partial charge in [0, 0.05) is 17.5 Å². The monoisotopic (exact) mass is 410 g/mol. The Morgan fingerprint density at radius 3 is 2.62 bits per heavy atom. The van der Waals surface area contributed by atoms with E-state index >= 15 is 0 Å². The van der Waals surface area contributed by atoms with Gasteiger partial charge >= 0.3 is 0 Å².